The van der Waals surface area contributed by atoms with Crippen LogP contribution in [0.3, 0.4) is 0 Å². The molecule has 176 valence electrons. The maximum Gasteiger partial charge on any atom is 0.311 e. The number of carbonyl (C=O) groups is 3. The van der Waals surface area contributed by atoms with Crippen molar-refractivity contribution in [2.75, 3.05) is 11.1 Å². The number of benzene rings is 3. The summed E-state index contributed by atoms with van der Waals surface area (Å²) in [6, 6.07) is 19.0. The first kappa shape index (κ1) is 24.4. The van der Waals surface area contributed by atoms with Crippen molar-refractivity contribution in [1.82, 2.24) is 5.32 Å². The number of hydrogen-bond acceptors (Lipinski definition) is 5. The minimum atomic E-state index is -0.974. The summed E-state index contributed by atoms with van der Waals surface area (Å²) in [7, 11) is 0. The van der Waals surface area contributed by atoms with Crippen molar-refractivity contribution < 1.29 is 23.5 Å². The third-order valence-electron chi connectivity index (χ3n) is 5.01. The van der Waals surface area contributed by atoms with Gasteiger partial charge in [0.1, 0.15) is 6.04 Å². The normalized spacial score (nSPS) is 11.4. The lowest BCUT2D eigenvalue weighted by molar-refractivity contribution is -0.134. The number of carbonyl (C=O) groups excluding carboxylic acids is 3. The topological polar surface area (TPSA) is 111 Å². The fraction of sp³-hybridized carbons (Fsp3) is 0.192. The maximum atomic E-state index is 14.3. The van der Waals surface area contributed by atoms with Gasteiger partial charge < -0.3 is 21.1 Å². The second kappa shape index (κ2) is 11.6. The number of nitrogen functional groups attached to an aromatic ring is 1. The van der Waals surface area contributed by atoms with Crippen LogP contribution in [0.4, 0.5) is 15.8 Å². The Kier molecular flexibility index (Phi) is 8.34. The van der Waals surface area contributed by atoms with Gasteiger partial charge in [-0.05, 0) is 35.4 Å². The Morgan fingerprint density at radius 1 is 0.941 bits per heavy atom. The standard InChI is InChI=1S/C26H26FN3O4/c1-2-24(32)34-25-20(27)9-6-10-21(25)30-26(33)22(15-18-11-13-19(28)14-12-18)29-23(31)16-17-7-4-3-5-8-17/h3-14,22H,2,15-16,28H2,1H3,(H,29,31)(H,30,33)/t22-/m0/s1. The first-order valence-corrected chi connectivity index (χ1v) is 10.8. The Balaban J connectivity index is 1.81. The molecule has 2 amide bonds. The monoisotopic (exact) mass is 463 g/mol. The van der Waals surface area contributed by atoms with Crippen LogP contribution in [0.25, 0.3) is 0 Å². The summed E-state index contributed by atoms with van der Waals surface area (Å²) < 4.78 is 19.4. The molecular formula is C26H26FN3O4. The van der Waals surface area contributed by atoms with Crippen LogP contribution >= 0.6 is 0 Å². The average Bonchev–Trinajstić information content (AvgIpc) is 2.82. The molecule has 7 nitrogen and oxygen atoms in total. The molecule has 0 saturated carbocycles. The molecule has 0 heterocycles. The van der Waals surface area contributed by atoms with E-state index in [9.17, 15) is 18.8 Å². The SMILES string of the molecule is CCC(=O)Oc1c(F)cccc1NC(=O)[C@H](Cc1ccc(N)cc1)NC(=O)Cc1ccccc1. The zero-order valence-electron chi connectivity index (χ0n) is 18.7. The molecule has 0 bridgehead atoms. The average molecular weight is 464 g/mol. The molecule has 0 saturated heterocycles. The van der Waals surface area contributed by atoms with Gasteiger partial charge in [-0.15, -0.1) is 0 Å². The van der Waals surface area contributed by atoms with Gasteiger partial charge in [-0.1, -0.05) is 55.5 Å². The van der Waals surface area contributed by atoms with Crippen LogP contribution in [0, 0.1) is 5.82 Å². The van der Waals surface area contributed by atoms with E-state index < -0.39 is 23.7 Å². The lowest BCUT2D eigenvalue weighted by Gasteiger charge is -2.20. The summed E-state index contributed by atoms with van der Waals surface area (Å²) in [5.41, 5.74) is 7.87. The molecule has 0 aliphatic carbocycles. The molecule has 3 rings (SSSR count). The van der Waals surface area contributed by atoms with E-state index in [1.807, 2.05) is 30.3 Å². The highest BCUT2D eigenvalue weighted by molar-refractivity contribution is 5.99. The van der Waals surface area contributed by atoms with E-state index in [1.165, 1.54) is 12.1 Å². The third-order valence-corrected chi connectivity index (χ3v) is 5.01. The quantitative estimate of drug-likeness (QED) is 0.255. The van der Waals surface area contributed by atoms with Gasteiger partial charge in [0.25, 0.3) is 0 Å². The number of rotatable bonds is 9. The molecule has 0 spiro atoms. The number of halogens is 1. The van der Waals surface area contributed by atoms with Crippen molar-refractivity contribution in [2.45, 2.75) is 32.2 Å². The van der Waals surface area contributed by atoms with Crippen molar-refractivity contribution >= 4 is 29.2 Å². The molecule has 0 unspecified atom stereocenters. The van der Waals surface area contributed by atoms with Crippen molar-refractivity contribution in [2.24, 2.45) is 0 Å². The Hall–Kier alpha value is -4.20. The summed E-state index contributed by atoms with van der Waals surface area (Å²) in [5, 5.41) is 5.34. The van der Waals surface area contributed by atoms with Crippen LogP contribution in [-0.4, -0.2) is 23.8 Å². The summed E-state index contributed by atoms with van der Waals surface area (Å²) in [6.07, 6.45) is 0.300. The van der Waals surface area contributed by atoms with Gasteiger partial charge in [0.15, 0.2) is 11.6 Å². The molecular weight excluding hydrogens is 437 g/mol. The second-order valence-corrected chi connectivity index (χ2v) is 7.66. The Morgan fingerprint density at radius 2 is 1.65 bits per heavy atom. The van der Waals surface area contributed by atoms with Gasteiger partial charge in [-0.3, -0.25) is 14.4 Å². The Morgan fingerprint density at radius 3 is 2.32 bits per heavy atom. The number of amides is 2. The lowest BCUT2D eigenvalue weighted by atomic mass is 10.0. The number of hydrogen-bond donors (Lipinski definition) is 3. The summed E-state index contributed by atoms with van der Waals surface area (Å²) >= 11 is 0. The predicted molar refractivity (Wildman–Crippen MR) is 128 cm³/mol. The summed E-state index contributed by atoms with van der Waals surface area (Å²) in [5.74, 6) is -2.74. The van der Waals surface area contributed by atoms with Crippen molar-refractivity contribution in [3.63, 3.8) is 0 Å². The van der Waals surface area contributed by atoms with Crippen LogP contribution < -0.4 is 21.1 Å². The summed E-state index contributed by atoms with van der Waals surface area (Å²) in [6.45, 7) is 1.58. The van der Waals surface area contributed by atoms with Crippen LogP contribution in [0.1, 0.15) is 24.5 Å². The fourth-order valence-electron chi connectivity index (χ4n) is 3.24. The van der Waals surface area contributed by atoms with Crippen molar-refractivity contribution in [3.05, 3.63) is 89.7 Å². The van der Waals surface area contributed by atoms with Gasteiger partial charge in [0, 0.05) is 18.5 Å². The first-order valence-electron chi connectivity index (χ1n) is 10.8. The molecule has 3 aromatic carbocycles. The molecule has 0 aromatic heterocycles. The molecule has 4 N–H and O–H groups in total. The Bertz CT molecular complexity index is 1150. The summed E-state index contributed by atoms with van der Waals surface area (Å²) in [4.78, 5) is 37.6. The van der Waals surface area contributed by atoms with E-state index in [0.29, 0.717) is 5.69 Å². The zero-order valence-corrected chi connectivity index (χ0v) is 18.7. The molecule has 0 fully saturated rings. The smallest absolute Gasteiger partial charge is 0.311 e. The number of ether oxygens (including phenoxy) is 1. The lowest BCUT2D eigenvalue weighted by Crippen LogP contribution is -2.45. The predicted octanol–water partition coefficient (Wildman–Crippen LogP) is 3.63. The fourth-order valence-corrected chi connectivity index (χ4v) is 3.24. The number of nitrogens with one attached hydrogen (secondary N) is 2. The highest BCUT2D eigenvalue weighted by atomic mass is 19.1. The second-order valence-electron chi connectivity index (χ2n) is 7.66. The van der Waals surface area contributed by atoms with E-state index in [2.05, 4.69) is 10.6 Å². The highest BCUT2D eigenvalue weighted by Gasteiger charge is 2.24. The van der Waals surface area contributed by atoms with Gasteiger partial charge in [0.05, 0.1) is 12.1 Å². The van der Waals surface area contributed by atoms with Gasteiger partial charge in [-0.25, -0.2) is 4.39 Å². The number of esters is 1. The highest BCUT2D eigenvalue weighted by Crippen LogP contribution is 2.28. The number of para-hydroxylation sites is 1. The maximum absolute atomic E-state index is 14.3. The molecule has 0 aliphatic rings. The molecule has 1 atom stereocenters. The van der Waals surface area contributed by atoms with E-state index in [1.54, 1.807) is 31.2 Å². The molecule has 0 radical (unpaired) electrons. The van der Waals surface area contributed by atoms with E-state index in [4.69, 9.17) is 10.5 Å². The van der Waals surface area contributed by atoms with Crippen molar-refractivity contribution in [1.29, 1.82) is 0 Å². The van der Waals surface area contributed by atoms with Gasteiger partial charge in [-0.2, -0.15) is 0 Å². The van der Waals surface area contributed by atoms with Gasteiger partial charge in [0.2, 0.25) is 11.8 Å². The zero-order chi connectivity index (χ0) is 24.5. The minimum Gasteiger partial charge on any atom is -0.421 e. The Labute approximate surface area is 197 Å². The minimum absolute atomic E-state index is 0.00795. The van der Waals surface area contributed by atoms with E-state index in [0.717, 1.165) is 17.2 Å². The third kappa shape index (κ3) is 6.90. The van der Waals surface area contributed by atoms with Crippen LogP contribution in [0.2, 0.25) is 0 Å². The number of nitrogens with two attached hydrogens (primary N) is 1. The van der Waals surface area contributed by atoms with Gasteiger partial charge >= 0.3 is 5.97 Å². The first-order chi connectivity index (χ1) is 16.4. The number of anilines is 2. The van der Waals surface area contributed by atoms with Crippen LogP contribution in [0.15, 0.2) is 72.8 Å². The van der Waals surface area contributed by atoms with Crippen LogP contribution in [-0.2, 0) is 27.2 Å². The van der Waals surface area contributed by atoms with Crippen molar-refractivity contribution in [3.8, 4) is 5.75 Å². The molecule has 8 heteroatoms. The van der Waals surface area contributed by atoms with E-state index in [-0.39, 0.29) is 36.6 Å². The molecule has 0 aliphatic heterocycles. The molecule has 3 aromatic rings. The molecule has 34 heavy (non-hydrogen) atoms. The van der Waals surface area contributed by atoms with E-state index >= 15 is 0 Å². The largest absolute Gasteiger partial charge is 0.421 e. The van der Waals surface area contributed by atoms with Crippen LogP contribution in [0.5, 0.6) is 5.75 Å².